The number of halogens is 1. The highest BCUT2D eigenvalue weighted by atomic mass is 19.1. The average Bonchev–Trinajstić information content (AvgIpc) is 2.50. The third kappa shape index (κ3) is 2.75. The third-order valence-electron chi connectivity index (χ3n) is 3.71. The third-order valence-corrected chi connectivity index (χ3v) is 3.71. The lowest BCUT2D eigenvalue weighted by Gasteiger charge is -2.20. The Bertz CT molecular complexity index is 697. The number of carbonyl (C=O) groups excluding carboxylic acids is 1. The van der Waals surface area contributed by atoms with E-state index in [0.29, 0.717) is 5.56 Å². The van der Waals surface area contributed by atoms with Crippen LogP contribution in [0.1, 0.15) is 27.9 Å². The van der Waals surface area contributed by atoms with Crippen molar-refractivity contribution in [1.82, 2.24) is 0 Å². The fourth-order valence-corrected chi connectivity index (χ4v) is 2.65. The summed E-state index contributed by atoms with van der Waals surface area (Å²) in [6.45, 7) is 2.79. The second-order valence-electron chi connectivity index (χ2n) is 5.30. The van der Waals surface area contributed by atoms with Crippen LogP contribution in [0.2, 0.25) is 0 Å². The molecule has 1 amide bonds. The van der Waals surface area contributed by atoms with Gasteiger partial charge in [-0.05, 0) is 55.2 Å². The number of rotatable bonds is 2. The number of carbonyl (C=O) groups is 1. The van der Waals surface area contributed by atoms with Crippen molar-refractivity contribution in [3.63, 3.8) is 0 Å². The molecule has 2 aromatic carbocycles. The predicted molar refractivity (Wildman–Crippen MR) is 82.3 cm³/mol. The van der Waals surface area contributed by atoms with Crippen LogP contribution in [0, 0.1) is 12.7 Å². The zero-order valence-corrected chi connectivity index (χ0v) is 11.9. The first kappa shape index (κ1) is 13.6. The molecule has 0 radical (unpaired) electrons. The van der Waals surface area contributed by atoms with Crippen LogP contribution in [0.25, 0.3) is 0 Å². The number of amides is 1. The van der Waals surface area contributed by atoms with Gasteiger partial charge in [0.2, 0.25) is 0 Å². The quantitative estimate of drug-likeness (QED) is 0.882. The number of anilines is 2. The van der Waals surface area contributed by atoms with Gasteiger partial charge in [-0.25, -0.2) is 4.39 Å². The molecule has 0 aromatic heterocycles. The van der Waals surface area contributed by atoms with Crippen LogP contribution in [-0.2, 0) is 6.42 Å². The molecule has 0 bridgehead atoms. The van der Waals surface area contributed by atoms with E-state index < -0.39 is 5.82 Å². The molecule has 1 heterocycles. The van der Waals surface area contributed by atoms with Crippen molar-refractivity contribution in [3.05, 3.63) is 58.9 Å². The van der Waals surface area contributed by atoms with E-state index in [-0.39, 0.29) is 11.6 Å². The molecular weight excluding hydrogens is 267 g/mol. The molecule has 0 atom stereocenters. The molecule has 21 heavy (non-hydrogen) atoms. The number of aryl methyl sites for hydroxylation is 1. The number of hydrogen-bond donors (Lipinski definition) is 2. The van der Waals surface area contributed by atoms with Gasteiger partial charge in [-0.2, -0.15) is 0 Å². The van der Waals surface area contributed by atoms with Gasteiger partial charge in [-0.15, -0.1) is 0 Å². The summed E-state index contributed by atoms with van der Waals surface area (Å²) in [5.41, 5.74) is 3.75. The van der Waals surface area contributed by atoms with Gasteiger partial charge in [0.15, 0.2) is 0 Å². The topological polar surface area (TPSA) is 41.1 Å². The highest BCUT2D eigenvalue weighted by Gasteiger charge is 2.18. The van der Waals surface area contributed by atoms with Crippen LogP contribution < -0.4 is 10.6 Å². The molecule has 0 saturated heterocycles. The van der Waals surface area contributed by atoms with E-state index in [1.165, 1.54) is 6.07 Å². The average molecular weight is 284 g/mol. The maximum Gasteiger partial charge on any atom is 0.256 e. The lowest BCUT2D eigenvalue weighted by molar-refractivity contribution is 0.102. The van der Waals surface area contributed by atoms with Crippen LogP contribution >= 0.6 is 0 Å². The molecule has 3 rings (SSSR count). The van der Waals surface area contributed by atoms with Gasteiger partial charge < -0.3 is 10.6 Å². The monoisotopic (exact) mass is 284 g/mol. The first-order valence-electron chi connectivity index (χ1n) is 7.08. The van der Waals surface area contributed by atoms with Gasteiger partial charge in [0.25, 0.3) is 5.91 Å². The molecule has 3 nitrogen and oxygen atoms in total. The summed E-state index contributed by atoms with van der Waals surface area (Å²) < 4.78 is 13.8. The van der Waals surface area contributed by atoms with E-state index in [1.54, 1.807) is 18.2 Å². The van der Waals surface area contributed by atoms with Crippen LogP contribution in [0.3, 0.4) is 0 Å². The molecule has 2 N–H and O–H groups in total. The van der Waals surface area contributed by atoms with E-state index in [0.717, 1.165) is 36.2 Å². The van der Waals surface area contributed by atoms with Crippen LogP contribution in [-0.4, -0.2) is 12.5 Å². The molecule has 0 unspecified atom stereocenters. The summed E-state index contributed by atoms with van der Waals surface area (Å²) in [4.78, 5) is 12.4. The summed E-state index contributed by atoms with van der Waals surface area (Å²) in [6.07, 6.45) is 1.86. The summed E-state index contributed by atoms with van der Waals surface area (Å²) in [5.74, 6) is -0.683. The highest BCUT2D eigenvalue weighted by Crippen LogP contribution is 2.26. The molecule has 2 aromatic rings. The Morgan fingerprint density at radius 1 is 1.29 bits per heavy atom. The maximum atomic E-state index is 13.8. The van der Waals surface area contributed by atoms with Crippen molar-refractivity contribution >= 4 is 17.3 Å². The van der Waals surface area contributed by atoms with Gasteiger partial charge in [-0.3, -0.25) is 4.79 Å². The zero-order valence-electron chi connectivity index (χ0n) is 11.9. The van der Waals surface area contributed by atoms with Gasteiger partial charge in [0, 0.05) is 17.8 Å². The van der Waals surface area contributed by atoms with Crippen molar-refractivity contribution in [3.8, 4) is 0 Å². The van der Waals surface area contributed by atoms with Crippen molar-refractivity contribution in [1.29, 1.82) is 0 Å². The molecule has 0 aliphatic carbocycles. The summed E-state index contributed by atoms with van der Waals surface area (Å²) in [5, 5.41) is 5.96. The van der Waals surface area contributed by atoms with Crippen LogP contribution in [0.5, 0.6) is 0 Å². The Labute approximate surface area is 123 Å². The second kappa shape index (κ2) is 5.56. The first-order valence-corrected chi connectivity index (χ1v) is 7.08. The van der Waals surface area contributed by atoms with Crippen LogP contribution in [0.15, 0.2) is 36.4 Å². The largest absolute Gasteiger partial charge is 0.385 e. The minimum Gasteiger partial charge on any atom is -0.385 e. The molecule has 0 spiro atoms. The Morgan fingerprint density at radius 3 is 3.00 bits per heavy atom. The number of hydrogen-bond acceptors (Lipinski definition) is 2. The number of benzene rings is 2. The van der Waals surface area contributed by atoms with Crippen molar-refractivity contribution in [2.75, 3.05) is 17.2 Å². The van der Waals surface area contributed by atoms with Gasteiger partial charge >= 0.3 is 0 Å². The Hall–Kier alpha value is -2.36. The molecule has 4 heteroatoms. The minimum atomic E-state index is -0.420. The van der Waals surface area contributed by atoms with Crippen LogP contribution in [0.4, 0.5) is 15.8 Å². The van der Waals surface area contributed by atoms with Crippen molar-refractivity contribution in [2.45, 2.75) is 19.8 Å². The fourth-order valence-electron chi connectivity index (χ4n) is 2.65. The Balaban J connectivity index is 1.91. The maximum absolute atomic E-state index is 13.8. The first-order chi connectivity index (χ1) is 10.1. The smallest absolute Gasteiger partial charge is 0.256 e. The summed E-state index contributed by atoms with van der Waals surface area (Å²) in [6, 6.07) is 10.3. The number of nitrogens with one attached hydrogen (secondary N) is 2. The highest BCUT2D eigenvalue weighted by molar-refractivity contribution is 6.06. The molecular formula is C17H17FN2O. The van der Waals surface area contributed by atoms with E-state index in [1.807, 2.05) is 19.1 Å². The Kier molecular flexibility index (Phi) is 3.60. The second-order valence-corrected chi connectivity index (χ2v) is 5.30. The van der Waals surface area contributed by atoms with Crippen molar-refractivity contribution < 1.29 is 9.18 Å². The van der Waals surface area contributed by atoms with E-state index in [2.05, 4.69) is 10.6 Å². The zero-order chi connectivity index (χ0) is 14.8. The van der Waals surface area contributed by atoms with E-state index >= 15 is 0 Å². The predicted octanol–water partition coefficient (Wildman–Crippen LogP) is 3.74. The molecule has 0 saturated carbocycles. The van der Waals surface area contributed by atoms with E-state index in [4.69, 9.17) is 0 Å². The summed E-state index contributed by atoms with van der Waals surface area (Å²) >= 11 is 0. The minimum absolute atomic E-state index is 0.223. The van der Waals surface area contributed by atoms with Gasteiger partial charge in [0.05, 0.1) is 5.69 Å². The standard InChI is InChI=1S/C17H17FN2O/c1-11-7-8-14(18)16(10-11)20-17(21)13-4-2-6-15-12(13)5-3-9-19-15/h2,4,6-8,10,19H,3,5,9H2,1H3,(H,20,21). The molecule has 0 fully saturated rings. The van der Waals surface area contributed by atoms with Gasteiger partial charge in [0.1, 0.15) is 5.82 Å². The normalized spacial score (nSPS) is 13.2. The summed E-state index contributed by atoms with van der Waals surface area (Å²) in [7, 11) is 0. The molecule has 108 valence electrons. The van der Waals surface area contributed by atoms with Crippen molar-refractivity contribution in [2.24, 2.45) is 0 Å². The lowest BCUT2D eigenvalue weighted by Crippen LogP contribution is -2.19. The van der Waals surface area contributed by atoms with E-state index in [9.17, 15) is 9.18 Å². The number of fused-ring (bicyclic) bond motifs is 1. The molecule has 1 aliphatic rings. The fraction of sp³-hybridized carbons (Fsp3) is 0.235. The Morgan fingerprint density at radius 2 is 2.14 bits per heavy atom. The lowest BCUT2D eigenvalue weighted by atomic mass is 9.97. The van der Waals surface area contributed by atoms with Gasteiger partial charge in [-0.1, -0.05) is 12.1 Å². The SMILES string of the molecule is Cc1ccc(F)c(NC(=O)c2cccc3c2CCCN3)c1. The molecule has 1 aliphatic heterocycles.